The van der Waals surface area contributed by atoms with Crippen LogP contribution in [0.15, 0.2) is 54.9 Å². The SMILES string of the molecule is C=C(F)C(=O)N1CCN(c2nc(OCC34CCCN3CCC4)nc3cc(-c4cccc5ccc(F)c(Cl)c45)c(Cl)cc23)[C@@H](C)C1. The number of hydrogen-bond donors (Lipinski definition) is 0. The largest absolute Gasteiger partial charge is 0.461 e. The van der Waals surface area contributed by atoms with E-state index in [1.165, 1.54) is 11.0 Å². The van der Waals surface area contributed by atoms with Gasteiger partial charge in [-0.1, -0.05) is 54.0 Å². The molecule has 0 spiro atoms. The number of aromatic nitrogens is 2. The normalized spacial score (nSPS) is 19.8. The van der Waals surface area contributed by atoms with Crippen LogP contribution in [-0.2, 0) is 4.79 Å². The molecular weight excluding hydrogens is 619 g/mol. The van der Waals surface area contributed by atoms with Crippen LogP contribution in [0.25, 0.3) is 32.8 Å². The molecule has 1 aromatic heterocycles. The number of nitrogens with zero attached hydrogens (tertiary/aromatic N) is 5. The monoisotopic (exact) mass is 651 g/mol. The van der Waals surface area contributed by atoms with Crippen LogP contribution in [0.2, 0.25) is 10.0 Å². The molecule has 11 heteroatoms. The van der Waals surface area contributed by atoms with Crippen molar-refractivity contribution in [2.24, 2.45) is 0 Å². The highest BCUT2D eigenvalue weighted by Crippen LogP contribution is 2.42. The summed E-state index contributed by atoms with van der Waals surface area (Å²) in [5.41, 5.74) is 1.94. The molecule has 1 atom stereocenters. The van der Waals surface area contributed by atoms with Crippen LogP contribution in [0.1, 0.15) is 32.6 Å². The Bertz CT molecular complexity index is 1840. The van der Waals surface area contributed by atoms with Crippen LogP contribution in [0.4, 0.5) is 14.6 Å². The number of carbonyl (C=O) groups is 1. The maximum absolute atomic E-state index is 14.6. The smallest absolute Gasteiger partial charge is 0.319 e. The fourth-order valence-corrected chi connectivity index (χ4v) is 7.96. The van der Waals surface area contributed by atoms with Crippen LogP contribution in [-0.4, -0.2) is 76.6 Å². The van der Waals surface area contributed by atoms with Crippen LogP contribution in [0, 0.1) is 5.82 Å². The van der Waals surface area contributed by atoms with Gasteiger partial charge in [0.25, 0.3) is 5.91 Å². The number of anilines is 1. The van der Waals surface area contributed by atoms with E-state index in [4.69, 9.17) is 37.9 Å². The van der Waals surface area contributed by atoms with Crippen LogP contribution in [0.3, 0.4) is 0 Å². The number of carbonyl (C=O) groups excluding carboxylic acids is 1. The van der Waals surface area contributed by atoms with E-state index in [2.05, 4.69) is 16.4 Å². The van der Waals surface area contributed by atoms with Crippen LogP contribution in [0.5, 0.6) is 6.01 Å². The summed E-state index contributed by atoms with van der Waals surface area (Å²) in [6.07, 6.45) is 4.46. The Morgan fingerprint density at radius 1 is 1.07 bits per heavy atom. The lowest BCUT2D eigenvalue weighted by Crippen LogP contribution is -2.54. The number of amides is 1. The Balaban J connectivity index is 1.33. The summed E-state index contributed by atoms with van der Waals surface area (Å²) in [5.74, 6) is -1.56. The number of hydrogen-bond acceptors (Lipinski definition) is 6. The number of fused-ring (bicyclic) bond motifs is 3. The first-order chi connectivity index (χ1) is 21.6. The molecule has 3 fully saturated rings. The lowest BCUT2D eigenvalue weighted by molar-refractivity contribution is -0.129. The summed E-state index contributed by atoms with van der Waals surface area (Å²) in [7, 11) is 0. The zero-order valence-electron chi connectivity index (χ0n) is 25.0. The molecular formula is C34H33Cl2F2N5O2. The zero-order valence-corrected chi connectivity index (χ0v) is 26.5. The first-order valence-electron chi connectivity index (χ1n) is 15.3. The second-order valence-electron chi connectivity index (χ2n) is 12.3. The quantitative estimate of drug-likeness (QED) is 0.202. The minimum Gasteiger partial charge on any atom is -0.461 e. The fourth-order valence-electron chi connectivity index (χ4n) is 7.42. The van der Waals surface area contributed by atoms with Crippen LogP contribution >= 0.6 is 23.2 Å². The Kier molecular flexibility index (Phi) is 7.82. The predicted octanol–water partition coefficient (Wildman–Crippen LogP) is 7.42. The summed E-state index contributed by atoms with van der Waals surface area (Å²) in [6, 6.07) is 12.4. The Hall–Kier alpha value is -3.53. The topological polar surface area (TPSA) is 61.8 Å². The summed E-state index contributed by atoms with van der Waals surface area (Å²) in [4.78, 5) is 28.2. The van der Waals surface area contributed by atoms with Crippen LogP contribution < -0.4 is 9.64 Å². The molecule has 4 heterocycles. The van der Waals surface area contributed by atoms with Crippen molar-refractivity contribution in [3.05, 3.63) is 70.7 Å². The first kappa shape index (κ1) is 30.1. The number of ether oxygens (including phenoxy) is 1. The maximum atomic E-state index is 14.6. The number of piperazine rings is 1. The highest BCUT2D eigenvalue weighted by molar-refractivity contribution is 6.38. The summed E-state index contributed by atoms with van der Waals surface area (Å²) in [5, 5.41) is 2.52. The predicted molar refractivity (Wildman–Crippen MR) is 174 cm³/mol. The van der Waals surface area contributed by atoms with E-state index in [1.54, 1.807) is 6.07 Å². The molecule has 7 rings (SSSR count). The van der Waals surface area contributed by atoms with Gasteiger partial charge in [-0.25, -0.2) is 8.78 Å². The highest BCUT2D eigenvalue weighted by Gasteiger charge is 2.45. The molecule has 7 nitrogen and oxygen atoms in total. The van der Waals surface area contributed by atoms with Crippen molar-refractivity contribution in [3.8, 4) is 17.1 Å². The highest BCUT2D eigenvalue weighted by atomic mass is 35.5. The lowest BCUT2D eigenvalue weighted by atomic mass is 9.95. The molecule has 3 aromatic carbocycles. The van der Waals surface area contributed by atoms with Crippen molar-refractivity contribution in [1.82, 2.24) is 19.8 Å². The summed E-state index contributed by atoms with van der Waals surface area (Å²) >= 11 is 13.5. The number of rotatable bonds is 6. The number of benzene rings is 3. The van der Waals surface area contributed by atoms with Crippen molar-refractivity contribution in [2.75, 3.05) is 44.2 Å². The molecule has 3 aliphatic heterocycles. The van der Waals surface area contributed by atoms with Gasteiger partial charge in [-0.15, -0.1) is 0 Å². The minimum absolute atomic E-state index is 0.00144. The lowest BCUT2D eigenvalue weighted by Gasteiger charge is -2.40. The minimum atomic E-state index is -0.973. The van der Waals surface area contributed by atoms with Gasteiger partial charge in [0.2, 0.25) is 0 Å². The van der Waals surface area contributed by atoms with E-state index in [1.807, 2.05) is 37.3 Å². The molecule has 0 N–H and O–H groups in total. The van der Waals surface area contributed by atoms with E-state index in [-0.39, 0.29) is 22.6 Å². The molecule has 3 saturated heterocycles. The molecule has 0 radical (unpaired) electrons. The van der Waals surface area contributed by atoms with E-state index in [0.29, 0.717) is 64.5 Å². The van der Waals surface area contributed by atoms with E-state index in [0.717, 1.165) is 44.2 Å². The Morgan fingerprint density at radius 3 is 2.58 bits per heavy atom. The zero-order chi connectivity index (χ0) is 31.5. The average Bonchev–Trinajstić information content (AvgIpc) is 3.61. The van der Waals surface area contributed by atoms with Gasteiger partial charge in [0.15, 0.2) is 5.83 Å². The van der Waals surface area contributed by atoms with Crippen molar-refractivity contribution in [3.63, 3.8) is 0 Å². The third-order valence-electron chi connectivity index (χ3n) is 9.67. The molecule has 3 aliphatic rings. The van der Waals surface area contributed by atoms with Crippen molar-refractivity contribution in [2.45, 2.75) is 44.2 Å². The molecule has 0 aliphatic carbocycles. The molecule has 0 bridgehead atoms. The van der Waals surface area contributed by atoms with Gasteiger partial charge in [0, 0.05) is 47.0 Å². The molecule has 1 amide bonds. The van der Waals surface area contributed by atoms with E-state index in [9.17, 15) is 13.6 Å². The molecule has 0 unspecified atom stereocenters. The molecule has 0 saturated carbocycles. The van der Waals surface area contributed by atoms with E-state index < -0.39 is 17.6 Å². The van der Waals surface area contributed by atoms with E-state index >= 15 is 0 Å². The van der Waals surface area contributed by atoms with Crippen molar-refractivity contribution >= 4 is 56.6 Å². The van der Waals surface area contributed by atoms with Gasteiger partial charge in [-0.05, 0) is 74.8 Å². The van der Waals surface area contributed by atoms with Crippen molar-refractivity contribution in [1.29, 1.82) is 0 Å². The van der Waals surface area contributed by atoms with Gasteiger partial charge in [-0.3, -0.25) is 9.69 Å². The maximum Gasteiger partial charge on any atom is 0.319 e. The molecule has 4 aromatic rings. The van der Waals surface area contributed by atoms with Crippen molar-refractivity contribution < 1.29 is 18.3 Å². The standard InChI is InChI=1S/C34H33Cl2F2N5O2/c1-20-18-41(32(44)21(2)37)14-15-43(20)31-25-16-26(35)24(23-7-3-6-22-8-9-27(38)30(36)29(22)23)17-28(25)39-33(40-31)45-19-34-10-4-12-42(34)13-5-11-34/h3,6-9,16-17,20H,2,4-5,10-15,18-19H2,1H3/t20-/m0/s1. The first-order valence-corrected chi connectivity index (χ1v) is 16.1. The average molecular weight is 653 g/mol. The Morgan fingerprint density at radius 2 is 1.84 bits per heavy atom. The molecule has 45 heavy (non-hydrogen) atoms. The van der Waals surface area contributed by atoms with Gasteiger partial charge in [0.05, 0.1) is 16.1 Å². The van der Waals surface area contributed by atoms with Gasteiger partial charge in [0.1, 0.15) is 18.2 Å². The molecule has 234 valence electrons. The summed E-state index contributed by atoms with van der Waals surface area (Å²) < 4.78 is 34.7. The van der Waals surface area contributed by atoms with Gasteiger partial charge in [-0.2, -0.15) is 9.97 Å². The fraction of sp³-hybridized carbons (Fsp3) is 0.382. The number of halogens is 4. The third-order valence-corrected chi connectivity index (χ3v) is 10.4. The Labute approximate surface area is 270 Å². The van der Waals surface area contributed by atoms with Gasteiger partial charge < -0.3 is 14.5 Å². The third kappa shape index (κ3) is 5.28. The second kappa shape index (κ2) is 11.7. The van der Waals surface area contributed by atoms with Gasteiger partial charge >= 0.3 is 6.01 Å². The second-order valence-corrected chi connectivity index (χ2v) is 13.1. The summed E-state index contributed by atoms with van der Waals surface area (Å²) in [6.45, 7) is 8.81.